The molecule has 1 amide bonds. The molecule has 4 heteroatoms. The molecule has 0 atom stereocenters. The first-order valence-corrected chi connectivity index (χ1v) is 7.00. The second kappa shape index (κ2) is 5.65. The average Bonchev–Trinajstić information content (AvgIpc) is 2.47. The molecule has 1 aromatic carbocycles. The van der Waals surface area contributed by atoms with Crippen LogP contribution in [0.2, 0.25) is 0 Å². The summed E-state index contributed by atoms with van der Waals surface area (Å²) in [5.74, 6) is -0.684. The Morgan fingerprint density at radius 2 is 1.75 bits per heavy atom. The van der Waals surface area contributed by atoms with E-state index in [0.717, 1.165) is 12.8 Å². The standard InChI is InChI=1S/C16H21NO3/c1-12(18)17(2)16(15(19)20)10-8-14(9-11-16)13-6-4-3-5-7-13/h3-7,14H,8-11H2,1-2H3,(H,19,20). The monoisotopic (exact) mass is 275 g/mol. The third-order valence-corrected chi connectivity index (χ3v) is 4.60. The second-order valence-electron chi connectivity index (χ2n) is 5.60. The number of nitrogens with zero attached hydrogens (tertiary/aromatic N) is 1. The SMILES string of the molecule is CC(=O)N(C)C1(C(=O)O)CCC(c2ccccc2)CC1. The zero-order valence-corrected chi connectivity index (χ0v) is 12.0. The smallest absolute Gasteiger partial charge is 0.329 e. The summed E-state index contributed by atoms with van der Waals surface area (Å²) >= 11 is 0. The van der Waals surface area contributed by atoms with Gasteiger partial charge in [-0.3, -0.25) is 4.79 Å². The predicted molar refractivity (Wildman–Crippen MR) is 76.5 cm³/mol. The maximum Gasteiger partial charge on any atom is 0.329 e. The number of carboxylic acid groups (broad SMARTS) is 1. The quantitative estimate of drug-likeness (QED) is 0.922. The molecular weight excluding hydrogens is 254 g/mol. The summed E-state index contributed by atoms with van der Waals surface area (Å²) in [5, 5.41) is 9.57. The average molecular weight is 275 g/mol. The van der Waals surface area contributed by atoms with E-state index in [4.69, 9.17) is 0 Å². The molecule has 0 aliphatic heterocycles. The molecule has 0 saturated heterocycles. The summed E-state index contributed by atoms with van der Waals surface area (Å²) in [7, 11) is 1.60. The van der Waals surface area contributed by atoms with Gasteiger partial charge in [0.1, 0.15) is 5.54 Å². The molecule has 4 nitrogen and oxygen atoms in total. The molecule has 20 heavy (non-hydrogen) atoms. The lowest BCUT2D eigenvalue weighted by Crippen LogP contribution is -2.56. The fraction of sp³-hybridized carbons (Fsp3) is 0.500. The van der Waals surface area contributed by atoms with Gasteiger partial charge in [0.15, 0.2) is 0 Å². The molecule has 0 bridgehead atoms. The first kappa shape index (κ1) is 14.6. The van der Waals surface area contributed by atoms with Gasteiger partial charge in [0.25, 0.3) is 0 Å². The van der Waals surface area contributed by atoms with E-state index in [2.05, 4.69) is 12.1 Å². The number of aliphatic carboxylic acids is 1. The molecule has 108 valence electrons. The molecule has 1 saturated carbocycles. The van der Waals surface area contributed by atoms with Crippen molar-refractivity contribution < 1.29 is 14.7 Å². The molecule has 2 rings (SSSR count). The van der Waals surface area contributed by atoms with Crippen LogP contribution in [0.3, 0.4) is 0 Å². The largest absolute Gasteiger partial charge is 0.479 e. The highest BCUT2D eigenvalue weighted by Gasteiger charge is 2.46. The molecule has 0 radical (unpaired) electrons. The van der Waals surface area contributed by atoms with Crippen LogP contribution < -0.4 is 0 Å². The molecule has 0 heterocycles. The van der Waals surface area contributed by atoms with E-state index in [0.29, 0.717) is 18.8 Å². The predicted octanol–water partition coefficient (Wildman–Crippen LogP) is 2.65. The Balaban J connectivity index is 2.15. The Labute approximate surface area is 119 Å². The van der Waals surface area contributed by atoms with Gasteiger partial charge < -0.3 is 10.0 Å². The fourth-order valence-corrected chi connectivity index (χ4v) is 3.15. The summed E-state index contributed by atoms with van der Waals surface area (Å²) in [4.78, 5) is 24.6. The minimum atomic E-state index is -1.03. The maximum absolute atomic E-state index is 11.7. The minimum Gasteiger partial charge on any atom is -0.479 e. The minimum absolute atomic E-state index is 0.189. The van der Waals surface area contributed by atoms with Crippen LogP contribution in [0.1, 0.15) is 44.1 Å². The molecular formula is C16H21NO3. The van der Waals surface area contributed by atoms with Crippen molar-refractivity contribution in [3.63, 3.8) is 0 Å². The van der Waals surface area contributed by atoms with Crippen molar-refractivity contribution in [2.24, 2.45) is 0 Å². The molecule has 0 unspecified atom stereocenters. The topological polar surface area (TPSA) is 57.6 Å². The lowest BCUT2D eigenvalue weighted by Gasteiger charge is -2.42. The van der Waals surface area contributed by atoms with Gasteiger partial charge in [-0.25, -0.2) is 4.79 Å². The zero-order chi connectivity index (χ0) is 14.8. The van der Waals surface area contributed by atoms with E-state index in [1.807, 2.05) is 18.2 Å². The summed E-state index contributed by atoms with van der Waals surface area (Å²) in [6.45, 7) is 1.42. The van der Waals surface area contributed by atoms with Gasteiger partial charge in [-0.1, -0.05) is 30.3 Å². The van der Waals surface area contributed by atoms with Gasteiger partial charge in [0.05, 0.1) is 0 Å². The first-order valence-electron chi connectivity index (χ1n) is 7.00. The first-order chi connectivity index (χ1) is 9.47. The number of carbonyl (C=O) groups excluding carboxylic acids is 1. The van der Waals surface area contributed by atoms with Crippen LogP contribution in [-0.2, 0) is 9.59 Å². The van der Waals surface area contributed by atoms with Gasteiger partial charge in [0.2, 0.25) is 5.91 Å². The van der Waals surface area contributed by atoms with Gasteiger partial charge in [-0.2, -0.15) is 0 Å². The number of hydrogen-bond acceptors (Lipinski definition) is 2. The molecule has 0 spiro atoms. The number of carbonyl (C=O) groups is 2. The molecule has 0 aromatic heterocycles. The summed E-state index contributed by atoms with van der Waals surface area (Å²) < 4.78 is 0. The highest BCUT2D eigenvalue weighted by Crippen LogP contribution is 2.40. The number of benzene rings is 1. The summed E-state index contributed by atoms with van der Waals surface area (Å²) in [6.07, 6.45) is 2.62. The Bertz CT molecular complexity index is 490. The van der Waals surface area contributed by atoms with E-state index in [1.54, 1.807) is 7.05 Å². The van der Waals surface area contributed by atoms with E-state index >= 15 is 0 Å². The zero-order valence-electron chi connectivity index (χ0n) is 12.0. The third kappa shape index (κ3) is 2.55. The van der Waals surface area contributed by atoms with Crippen LogP contribution in [0.25, 0.3) is 0 Å². The number of amides is 1. The number of likely N-dealkylation sites (N-methyl/N-ethyl adjacent to an activating group) is 1. The molecule has 1 aliphatic rings. The van der Waals surface area contributed by atoms with Crippen molar-refractivity contribution in [2.45, 2.75) is 44.1 Å². The lowest BCUT2D eigenvalue weighted by molar-refractivity contribution is -0.159. The van der Waals surface area contributed by atoms with Crippen molar-refractivity contribution in [1.82, 2.24) is 4.90 Å². The number of rotatable bonds is 3. The van der Waals surface area contributed by atoms with Crippen molar-refractivity contribution in [3.05, 3.63) is 35.9 Å². The van der Waals surface area contributed by atoms with Gasteiger partial charge in [-0.15, -0.1) is 0 Å². The van der Waals surface area contributed by atoms with Crippen molar-refractivity contribution in [2.75, 3.05) is 7.05 Å². The Morgan fingerprint density at radius 1 is 1.20 bits per heavy atom. The Hall–Kier alpha value is -1.84. The van der Waals surface area contributed by atoms with Gasteiger partial charge in [0, 0.05) is 14.0 Å². The summed E-state index contributed by atoms with van der Waals surface area (Å²) in [6, 6.07) is 10.2. The van der Waals surface area contributed by atoms with Crippen LogP contribution in [0, 0.1) is 0 Å². The van der Waals surface area contributed by atoms with Crippen molar-refractivity contribution in [3.8, 4) is 0 Å². The number of carboxylic acids is 1. The van der Waals surface area contributed by atoms with Crippen LogP contribution in [-0.4, -0.2) is 34.5 Å². The van der Waals surface area contributed by atoms with Crippen LogP contribution in [0.15, 0.2) is 30.3 Å². The molecule has 1 N–H and O–H groups in total. The molecule has 1 aromatic rings. The highest BCUT2D eigenvalue weighted by atomic mass is 16.4. The van der Waals surface area contributed by atoms with Crippen LogP contribution in [0.5, 0.6) is 0 Å². The maximum atomic E-state index is 11.7. The van der Waals surface area contributed by atoms with E-state index in [1.165, 1.54) is 17.4 Å². The van der Waals surface area contributed by atoms with E-state index in [-0.39, 0.29) is 5.91 Å². The normalized spacial score (nSPS) is 26.0. The molecule has 1 aliphatic carbocycles. The van der Waals surface area contributed by atoms with Crippen molar-refractivity contribution in [1.29, 1.82) is 0 Å². The van der Waals surface area contributed by atoms with Crippen LogP contribution >= 0.6 is 0 Å². The van der Waals surface area contributed by atoms with Crippen molar-refractivity contribution >= 4 is 11.9 Å². The lowest BCUT2D eigenvalue weighted by atomic mass is 9.73. The van der Waals surface area contributed by atoms with Crippen LogP contribution in [0.4, 0.5) is 0 Å². The second-order valence-corrected chi connectivity index (χ2v) is 5.60. The van der Waals surface area contributed by atoms with Gasteiger partial charge in [-0.05, 0) is 37.2 Å². The third-order valence-electron chi connectivity index (χ3n) is 4.60. The number of hydrogen-bond donors (Lipinski definition) is 1. The fourth-order valence-electron chi connectivity index (χ4n) is 3.15. The van der Waals surface area contributed by atoms with Gasteiger partial charge >= 0.3 is 5.97 Å². The van der Waals surface area contributed by atoms with E-state index < -0.39 is 11.5 Å². The Morgan fingerprint density at radius 3 is 2.20 bits per heavy atom. The highest BCUT2D eigenvalue weighted by molar-refractivity contribution is 5.86. The Kier molecular flexibility index (Phi) is 4.12. The summed E-state index contributed by atoms with van der Waals surface area (Å²) in [5.41, 5.74) is 0.230. The van der Waals surface area contributed by atoms with E-state index in [9.17, 15) is 14.7 Å². The molecule has 1 fully saturated rings.